The average Bonchev–Trinajstić information content (AvgIpc) is 2.37. The Balaban J connectivity index is 2.65. The summed E-state index contributed by atoms with van der Waals surface area (Å²) in [5.74, 6) is 0. The van der Waals surface area contributed by atoms with E-state index in [0.29, 0.717) is 12.0 Å². The number of rotatable bonds is 2. The Bertz CT molecular complexity index is 161. The third-order valence-electron chi connectivity index (χ3n) is 0.886. The summed E-state index contributed by atoms with van der Waals surface area (Å²) in [7, 11) is 0. The normalized spacial score (nSPS) is 13.6. The molecule has 50 valence electrons. The molecule has 0 aliphatic carbocycles. The predicted molar refractivity (Wildman–Crippen MR) is 39.5 cm³/mol. The van der Waals surface area contributed by atoms with Crippen molar-refractivity contribution in [2.24, 2.45) is 0 Å². The summed E-state index contributed by atoms with van der Waals surface area (Å²) < 4.78 is 8.38. The quantitative estimate of drug-likeness (QED) is 0.515. The SMILES string of the molecule is OSC(O)c1cccs1. The van der Waals surface area contributed by atoms with Crippen LogP contribution in [0.2, 0.25) is 0 Å². The number of aliphatic hydroxyl groups is 1. The minimum atomic E-state index is -0.773. The van der Waals surface area contributed by atoms with E-state index in [4.69, 9.17) is 9.66 Å². The predicted octanol–water partition coefficient (Wildman–Crippen LogP) is 1.95. The Morgan fingerprint density at radius 2 is 2.44 bits per heavy atom. The topological polar surface area (TPSA) is 40.5 Å². The highest BCUT2D eigenvalue weighted by atomic mass is 32.2. The molecular formula is C5H6O2S2. The third-order valence-corrected chi connectivity index (χ3v) is 2.41. The second kappa shape index (κ2) is 3.22. The van der Waals surface area contributed by atoms with Crippen molar-refractivity contribution in [1.29, 1.82) is 0 Å². The van der Waals surface area contributed by atoms with E-state index in [1.54, 1.807) is 6.07 Å². The van der Waals surface area contributed by atoms with E-state index in [2.05, 4.69) is 0 Å². The van der Waals surface area contributed by atoms with Crippen LogP contribution in [0, 0.1) is 0 Å². The van der Waals surface area contributed by atoms with Crippen molar-refractivity contribution in [3.05, 3.63) is 22.4 Å². The van der Waals surface area contributed by atoms with Gasteiger partial charge in [0.1, 0.15) is 0 Å². The number of hydrogen-bond donors (Lipinski definition) is 2. The van der Waals surface area contributed by atoms with E-state index in [1.807, 2.05) is 11.4 Å². The van der Waals surface area contributed by atoms with Gasteiger partial charge in [-0.25, -0.2) is 0 Å². The smallest absolute Gasteiger partial charge is 0.159 e. The fourth-order valence-electron chi connectivity index (χ4n) is 0.484. The Kier molecular flexibility index (Phi) is 2.53. The van der Waals surface area contributed by atoms with E-state index < -0.39 is 5.44 Å². The second-order valence-electron chi connectivity index (χ2n) is 1.47. The molecule has 0 spiro atoms. The fraction of sp³-hybridized carbons (Fsp3) is 0.200. The molecule has 4 heteroatoms. The lowest BCUT2D eigenvalue weighted by atomic mass is 10.5. The summed E-state index contributed by atoms with van der Waals surface area (Å²) in [4.78, 5) is 0.780. The van der Waals surface area contributed by atoms with Crippen LogP contribution in [0.5, 0.6) is 0 Å². The van der Waals surface area contributed by atoms with Crippen LogP contribution in [0.1, 0.15) is 10.3 Å². The van der Waals surface area contributed by atoms with Gasteiger partial charge in [-0.2, -0.15) is 0 Å². The molecule has 1 heterocycles. The third kappa shape index (κ3) is 1.69. The number of hydrogen-bond acceptors (Lipinski definition) is 4. The van der Waals surface area contributed by atoms with E-state index in [-0.39, 0.29) is 0 Å². The molecule has 0 radical (unpaired) electrons. The molecule has 9 heavy (non-hydrogen) atoms. The maximum Gasteiger partial charge on any atom is 0.159 e. The van der Waals surface area contributed by atoms with Gasteiger partial charge in [-0.05, 0) is 11.4 Å². The number of aliphatic hydroxyl groups excluding tert-OH is 1. The lowest BCUT2D eigenvalue weighted by molar-refractivity contribution is 0.266. The molecule has 1 aromatic heterocycles. The molecular weight excluding hydrogens is 156 g/mol. The maximum absolute atomic E-state index is 8.94. The van der Waals surface area contributed by atoms with E-state index in [1.165, 1.54) is 11.3 Å². The summed E-state index contributed by atoms with van der Waals surface area (Å²) in [6.07, 6.45) is 0. The molecule has 0 fully saturated rings. The summed E-state index contributed by atoms with van der Waals surface area (Å²) in [6, 6.07) is 3.61. The fourth-order valence-corrected chi connectivity index (χ4v) is 1.55. The summed E-state index contributed by atoms with van der Waals surface area (Å²) in [5.41, 5.74) is -0.773. The Labute approximate surface area is 61.4 Å². The van der Waals surface area contributed by atoms with Gasteiger partial charge >= 0.3 is 0 Å². The van der Waals surface area contributed by atoms with E-state index >= 15 is 0 Å². The standard InChI is InChI=1S/C5H6O2S2/c6-5(9-7)4-2-1-3-8-4/h1-3,5-7H. The van der Waals surface area contributed by atoms with E-state index in [0.717, 1.165) is 4.88 Å². The number of thiophene rings is 1. The van der Waals surface area contributed by atoms with Crippen LogP contribution in [-0.4, -0.2) is 9.66 Å². The highest BCUT2D eigenvalue weighted by molar-refractivity contribution is 7.93. The first-order chi connectivity index (χ1) is 4.34. The molecule has 0 aromatic carbocycles. The van der Waals surface area contributed by atoms with Crippen molar-refractivity contribution >= 4 is 23.4 Å². The Hall–Kier alpha value is -0.0300. The largest absolute Gasteiger partial charge is 0.375 e. The van der Waals surface area contributed by atoms with Crippen LogP contribution in [0.15, 0.2) is 17.5 Å². The summed E-state index contributed by atoms with van der Waals surface area (Å²) in [6.45, 7) is 0. The monoisotopic (exact) mass is 162 g/mol. The lowest BCUT2D eigenvalue weighted by Gasteiger charge is -1.99. The van der Waals surface area contributed by atoms with Gasteiger partial charge in [-0.3, -0.25) is 0 Å². The molecule has 0 bridgehead atoms. The first-order valence-electron chi connectivity index (χ1n) is 2.36. The average molecular weight is 162 g/mol. The zero-order chi connectivity index (χ0) is 6.69. The molecule has 0 aliphatic heterocycles. The van der Waals surface area contributed by atoms with Gasteiger partial charge in [0.25, 0.3) is 0 Å². The van der Waals surface area contributed by atoms with Crippen LogP contribution in [0.4, 0.5) is 0 Å². The summed E-state index contributed by atoms with van der Waals surface area (Å²) >= 11 is 1.87. The van der Waals surface area contributed by atoms with Gasteiger partial charge in [0.2, 0.25) is 0 Å². The lowest BCUT2D eigenvalue weighted by Crippen LogP contribution is -1.84. The second-order valence-corrected chi connectivity index (χ2v) is 3.11. The molecule has 1 atom stereocenters. The minimum Gasteiger partial charge on any atom is -0.375 e. The van der Waals surface area contributed by atoms with Gasteiger partial charge in [0, 0.05) is 16.9 Å². The molecule has 2 N–H and O–H groups in total. The molecule has 0 aliphatic rings. The van der Waals surface area contributed by atoms with Gasteiger partial charge in [-0.1, -0.05) is 6.07 Å². The molecule has 1 aromatic rings. The van der Waals surface area contributed by atoms with Crippen molar-refractivity contribution in [2.45, 2.75) is 5.44 Å². The molecule has 1 rings (SSSR count). The first-order valence-corrected chi connectivity index (χ1v) is 4.08. The van der Waals surface area contributed by atoms with Crippen LogP contribution >= 0.6 is 23.4 Å². The highest BCUT2D eigenvalue weighted by Gasteiger charge is 2.05. The van der Waals surface area contributed by atoms with Crippen molar-refractivity contribution in [1.82, 2.24) is 0 Å². The van der Waals surface area contributed by atoms with Crippen LogP contribution in [0.3, 0.4) is 0 Å². The molecule has 0 saturated carbocycles. The first kappa shape index (κ1) is 7.08. The van der Waals surface area contributed by atoms with Gasteiger partial charge in [-0.15, -0.1) is 11.3 Å². The van der Waals surface area contributed by atoms with Crippen LogP contribution in [0.25, 0.3) is 0 Å². The Morgan fingerprint density at radius 3 is 2.89 bits per heavy atom. The van der Waals surface area contributed by atoms with Crippen LogP contribution < -0.4 is 0 Å². The zero-order valence-electron chi connectivity index (χ0n) is 4.52. The Morgan fingerprint density at radius 1 is 1.67 bits per heavy atom. The van der Waals surface area contributed by atoms with E-state index in [9.17, 15) is 0 Å². The maximum atomic E-state index is 8.94. The van der Waals surface area contributed by atoms with Crippen molar-refractivity contribution in [3.63, 3.8) is 0 Å². The van der Waals surface area contributed by atoms with Gasteiger partial charge < -0.3 is 9.66 Å². The van der Waals surface area contributed by atoms with Crippen molar-refractivity contribution in [3.8, 4) is 0 Å². The van der Waals surface area contributed by atoms with Crippen molar-refractivity contribution in [2.75, 3.05) is 0 Å². The molecule has 2 nitrogen and oxygen atoms in total. The molecule has 0 amide bonds. The van der Waals surface area contributed by atoms with Gasteiger partial charge in [0.15, 0.2) is 5.44 Å². The van der Waals surface area contributed by atoms with Crippen LogP contribution in [-0.2, 0) is 0 Å². The van der Waals surface area contributed by atoms with Crippen molar-refractivity contribution < 1.29 is 9.66 Å². The highest BCUT2D eigenvalue weighted by Crippen LogP contribution is 2.26. The zero-order valence-corrected chi connectivity index (χ0v) is 6.15. The molecule has 0 saturated heterocycles. The van der Waals surface area contributed by atoms with Gasteiger partial charge in [0.05, 0.1) is 0 Å². The summed E-state index contributed by atoms with van der Waals surface area (Å²) in [5, 5.41) is 10.8. The minimum absolute atomic E-state index is 0.448. The molecule has 1 unspecified atom stereocenters.